The molecule has 2 aliphatic carbocycles. The van der Waals surface area contributed by atoms with Crippen LogP contribution in [-0.4, -0.2) is 50.4 Å². The zero-order chi connectivity index (χ0) is 19.4. The third-order valence-corrected chi connectivity index (χ3v) is 5.47. The van der Waals surface area contributed by atoms with E-state index in [4.69, 9.17) is 18.8 Å². The first-order valence-corrected chi connectivity index (χ1v) is 7.61. The zero-order valence-corrected chi connectivity index (χ0v) is 12.6. The van der Waals surface area contributed by atoms with Gasteiger partial charge in [0.15, 0.2) is 11.5 Å². The predicted molar refractivity (Wildman–Crippen MR) is 82.5 cm³/mol. The van der Waals surface area contributed by atoms with Gasteiger partial charge in [-0.15, -0.1) is 0 Å². The van der Waals surface area contributed by atoms with Gasteiger partial charge < -0.3 is 19.5 Å². The van der Waals surface area contributed by atoms with E-state index in [2.05, 4.69) is 0 Å². The molecule has 1 N–H and O–H groups in total. The van der Waals surface area contributed by atoms with Crippen LogP contribution in [-0.2, 0) is 11.8 Å². The second kappa shape index (κ2) is 4.06. The van der Waals surface area contributed by atoms with Crippen molar-refractivity contribution < 1.29 is 20.1 Å². The van der Waals surface area contributed by atoms with Crippen LogP contribution in [0.25, 0.3) is 0 Å². The van der Waals surface area contributed by atoms with Crippen LogP contribution < -0.4 is 9.47 Å². The third kappa shape index (κ3) is 1.28. The van der Waals surface area contributed by atoms with Crippen molar-refractivity contribution in [2.75, 3.05) is 20.7 Å². The lowest BCUT2D eigenvalue weighted by atomic mass is 9.53. The van der Waals surface area contributed by atoms with Crippen molar-refractivity contribution in [2.45, 2.75) is 36.4 Å². The van der Waals surface area contributed by atoms with Crippen LogP contribution >= 0.6 is 0 Å². The lowest BCUT2D eigenvalue weighted by molar-refractivity contribution is -0.0453. The Balaban J connectivity index is 1.96. The molecule has 2 bridgehead atoms. The van der Waals surface area contributed by atoms with Crippen molar-refractivity contribution in [3.63, 3.8) is 0 Å². The van der Waals surface area contributed by atoms with Gasteiger partial charge >= 0.3 is 0 Å². The Kier molecular flexibility index (Phi) is 1.65. The van der Waals surface area contributed by atoms with Crippen LogP contribution in [0, 0.1) is 5.89 Å². The van der Waals surface area contributed by atoms with Gasteiger partial charge in [0.25, 0.3) is 0 Å². The summed E-state index contributed by atoms with van der Waals surface area (Å²) in [5, 5.41) is 4.85. The number of likely N-dealkylation sites (tertiary alicyclic amines) is 1. The number of hydrogen-bond donors (Lipinski definition) is 1. The molecule has 4 heteroatoms. The first-order valence-electron chi connectivity index (χ1n) is 10.0. The molecule has 2 heterocycles. The van der Waals surface area contributed by atoms with E-state index in [1.54, 1.807) is 18.2 Å². The SMILES string of the molecule is [2H]OC1C=C[C@@]2([2H])[C@@H]3N(C)CC[C@@]24c2c(ccc(OC)c2OC14[2H])C3([2H])[2H]. The van der Waals surface area contributed by atoms with Crippen LogP contribution in [0.1, 0.15) is 23.0 Å². The van der Waals surface area contributed by atoms with Crippen LogP contribution in [0.5, 0.6) is 11.5 Å². The number of benzene rings is 1. The summed E-state index contributed by atoms with van der Waals surface area (Å²) in [5.41, 5.74) is -0.180. The van der Waals surface area contributed by atoms with Gasteiger partial charge in [0.05, 0.1) is 8.48 Å². The minimum absolute atomic E-state index is 0.305. The standard InChI is InChI=1S/C18H21NO3/c1-19-8-7-18-11-4-5-13(20)17(18)22-16-14(21-2)6-3-10(15(16)18)9-12(11)19/h3-6,11-13,17,20H,7-9H2,1-2H3/t11-,12+,13?,17?,18-/m0/s1/i9D2,11D,17D,20D. The lowest BCUT2D eigenvalue weighted by Crippen LogP contribution is -2.64. The van der Waals surface area contributed by atoms with Crippen LogP contribution in [0.2, 0.25) is 0 Å². The Bertz CT molecular complexity index is 879. The van der Waals surface area contributed by atoms with Gasteiger partial charge in [-0.25, -0.2) is 0 Å². The summed E-state index contributed by atoms with van der Waals surface area (Å²) in [6, 6.07) is 2.55. The van der Waals surface area contributed by atoms with E-state index in [-0.39, 0.29) is 0 Å². The summed E-state index contributed by atoms with van der Waals surface area (Å²) < 4.78 is 55.6. The van der Waals surface area contributed by atoms with Crippen molar-refractivity contribution in [1.82, 2.24) is 4.90 Å². The lowest BCUT2D eigenvalue weighted by Gasteiger charge is -2.56. The zero-order valence-electron chi connectivity index (χ0n) is 17.6. The first kappa shape index (κ1) is 8.94. The molecule has 0 radical (unpaired) electrons. The van der Waals surface area contributed by atoms with Gasteiger partial charge in [0.2, 0.25) is 1.43 Å². The maximum Gasteiger partial charge on any atom is 0.211 e. The Morgan fingerprint density at radius 2 is 2.45 bits per heavy atom. The van der Waals surface area contributed by atoms with E-state index in [9.17, 15) is 2.74 Å². The molecule has 22 heavy (non-hydrogen) atoms. The van der Waals surface area contributed by atoms with Crippen LogP contribution in [0.4, 0.5) is 0 Å². The normalized spacial score (nSPS) is 53.3. The first-order chi connectivity index (χ1) is 12.7. The highest BCUT2D eigenvalue weighted by Gasteiger charge is 2.64. The van der Waals surface area contributed by atoms with E-state index in [1.807, 2.05) is 11.9 Å². The van der Waals surface area contributed by atoms with Crippen LogP contribution in [0.15, 0.2) is 24.3 Å². The molecule has 0 saturated carbocycles. The molecular weight excluding hydrogens is 278 g/mol. The number of aliphatic hydroxyl groups is 1. The second-order valence-corrected chi connectivity index (χ2v) is 6.40. The number of nitrogens with zero attached hydrogens (tertiary/aromatic N) is 1. The van der Waals surface area contributed by atoms with Gasteiger partial charge in [0.1, 0.15) is 12.2 Å². The van der Waals surface area contributed by atoms with Gasteiger partial charge in [0, 0.05) is 27.0 Å². The van der Waals surface area contributed by atoms with Crippen molar-refractivity contribution in [2.24, 2.45) is 5.89 Å². The molecule has 4 nitrogen and oxygen atoms in total. The highest BCUT2D eigenvalue weighted by atomic mass is 16.5. The molecule has 0 aromatic heterocycles. The van der Waals surface area contributed by atoms with Gasteiger partial charge in [-0.1, -0.05) is 18.2 Å². The molecule has 5 atom stereocenters. The fourth-order valence-corrected chi connectivity index (χ4v) is 4.46. The number of piperidine rings is 1. The summed E-state index contributed by atoms with van der Waals surface area (Å²) in [6.07, 6.45) is -0.985. The van der Waals surface area contributed by atoms with E-state index in [0.717, 1.165) is 0 Å². The molecular formula is C18H21NO3. The topological polar surface area (TPSA) is 41.9 Å². The van der Waals surface area contributed by atoms with Gasteiger partial charge in [-0.05, 0) is 38.0 Å². The Labute approximate surface area is 137 Å². The fourth-order valence-electron chi connectivity index (χ4n) is 4.46. The molecule has 1 aromatic carbocycles. The predicted octanol–water partition coefficient (Wildman–Crippen LogP) is 1.50. The molecule has 116 valence electrons. The number of likely N-dealkylation sites (N-methyl/N-ethyl adjacent to an activating group) is 1. The summed E-state index contributed by atoms with van der Waals surface area (Å²) >= 11 is 0. The Hall–Kier alpha value is -1.52. The second-order valence-electron chi connectivity index (χ2n) is 6.40. The molecule has 5 rings (SSSR count). The molecule has 4 aliphatic rings. The monoisotopic (exact) mass is 304 g/mol. The molecule has 0 amide bonds. The summed E-state index contributed by atoms with van der Waals surface area (Å²) in [4.78, 5) is 1.87. The van der Waals surface area contributed by atoms with E-state index in [1.165, 1.54) is 13.2 Å². The van der Waals surface area contributed by atoms with Crippen LogP contribution in [0.3, 0.4) is 0 Å². The van der Waals surface area contributed by atoms with Crippen molar-refractivity contribution in [1.29, 1.82) is 1.43 Å². The summed E-state index contributed by atoms with van der Waals surface area (Å²) in [6.45, 7) is 0.517. The van der Waals surface area contributed by atoms with Crippen molar-refractivity contribution in [3.05, 3.63) is 35.4 Å². The number of hydrogen-bond acceptors (Lipinski definition) is 4. The molecule has 2 unspecified atom stereocenters. The molecule has 1 fully saturated rings. The molecule has 2 aliphatic heterocycles. The Morgan fingerprint density at radius 1 is 1.55 bits per heavy atom. The molecule has 1 aromatic rings. The number of ether oxygens (including phenoxy) is 2. The summed E-state index contributed by atoms with van der Waals surface area (Å²) in [5.74, 6) is -0.729. The van der Waals surface area contributed by atoms with E-state index >= 15 is 0 Å². The van der Waals surface area contributed by atoms with Gasteiger partial charge in [-0.3, -0.25) is 0 Å². The average Bonchev–Trinajstić information content (AvgIpc) is 2.88. The quantitative estimate of drug-likeness (QED) is 0.841. The molecule has 1 spiro atoms. The summed E-state index contributed by atoms with van der Waals surface area (Å²) in [7, 11) is 3.32. The van der Waals surface area contributed by atoms with E-state index < -0.39 is 35.9 Å². The van der Waals surface area contributed by atoms with Gasteiger partial charge in [-0.2, -0.15) is 0 Å². The highest BCUT2D eigenvalue weighted by molar-refractivity contribution is 5.62. The maximum atomic E-state index is 9.46. The number of rotatable bonds is 2. The van der Waals surface area contributed by atoms with E-state index in [0.29, 0.717) is 35.6 Å². The maximum absolute atomic E-state index is 9.46. The molecule has 1 saturated heterocycles. The number of methoxy groups -OCH3 is 1. The van der Waals surface area contributed by atoms with Crippen molar-refractivity contribution >= 4 is 0 Å². The fraction of sp³-hybridized carbons (Fsp3) is 0.556. The minimum atomic E-state index is -1.82. The number of aliphatic hydroxyl groups excluding tert-OH is 1. The largest absolute Gasteiger partial charge is 0.493 e. The average molecular weight is 304 g/mol. The Morgan fingerprint density at radius 3 is 3.27 bits per heavy atom. The smallest absolute Gasteiger partial charge is 0.211 e. The highest BCUT2D eigenvalue weighted by Crippen LogP contribution is 2.62. The third-order valence-electron chi connectivity index (χ3n) is 5.47. The van der Waals surface area contributed by atoms with Crippen molar-refractivity contribution in [3.8, 4) is 11.5 Å². The minimum Gasteiger partial charge on any atom is -0.493 e.